The van der Waals surface area contributed by atoms with E-state index < -0.39 is 0 Å². The van der Waals surface area contributed by atoms with E-state index in [1.807, 2.05) is 31.2 Å². The number of hydrogen-bond donors (Lipinski definition) is 2. The molecule has 0 spiro atoms. The van der Waals surface area contributed by atoms with E-state index in [-0.39, 0.29) is 29.6 Å². The summed E-state index contributed by atoms with van der Waals surface area (Å²) in [6, 6.07) is 13.6. The van der Waals surface area contributed by atoms with E-state index in [4.69, 9.17) is 0 Å². The van der Waals surface area contributed by atoms with Crippen LogP contribution < -0.4 is 10.6 Å². The van der Waals surface area contributed by atoms with Gasteiger partial charge in [-0.3, -0.25) is 9.59 Å². The fourth-order valence-electron chi connectivity index (χ4n) is 2.75. The number of hydrogen-bond acceptors (Lipinski definition) is 2. The molecular weight excluding hydrogens is 331 g/mol. The first-order valence-electron chi connectivity index (χ1n) is 8.96. The molecule has 1 fully saturated rings. The molecule has 1 saturated carbocycles. The van der Waals surface area contributed by atoms with Crippen molar-refractivity contribution in [3.8, 4) is 0 Å². The van der Waals surface area contributed by atoms with Gasteiger partial charge in [-0.25, -0.2) is 4.39 Å². The monoisotopic (exact) mass is 354 g/mol. The van der Waals surface area contributed by atoms with E-state index >= 15 is 0 Å². The number of carbonyl (C=O) groups is 2. The summed E-state index contributed by atoms with van der Waals surface area (Å²) >= 11 is 0. The van der Waals surface area contributed by atoms with Crippen LogP contribution in [0.5, 0.6) is 0 Å². The van der Waals surface area contributed by atoms with E-state index in [1.54, 1.807) is 12.1 Å². The van der Waals surface area contributed by atoms with E-state index in [2.05, 4.69) is 10.6 Å². The van der Waals surface area contributed by atoms with Gasteiger partial charge >= 0.3 is 0 Å². The van der Waals surface area contributed by atoms with E-state index in [0.29, 0.717) is 12.8 Å². The summed E-state index contributed by atoms with van der Waals surface area (Å²) in [5.41, 5.74) is 2.69. The smallest absolute Gasteiger partial charge is 0.227 e. The Hall–Kier alpha value is -2.69. The molecule has 1 aliphatic rings. The van der Waals surface area contributed by atoms with Gasteiger partial charge in [0.25, 0.3) is 0 Å². The lowest BCUT2D eigenvalue weighted by Crippen LogP contribution is -2.26. The van der Waals surface area contributed by atoms with Crippen LogP contribution in [0.3, 0.4) is 0 Å². The first kappa shape index (κ1) is 18.1. The molecule has 1 aliphatic carbocycles. The molecule has 26 heavy (non-hydrogen) atoms. The summed E-state index contributed by atoms with van der Waals surface area (Å²) in [5.74, 6) is -0.0644. The quantitative estimate of drug-likeness (QED) is 0.790. The molecule has 2 amide bonds. The number of amides is 2. The summed E-state index contributed by atoms with van der Waals surface area (Å²) in [4.78, 5) is 23.9. The molecule has 2 aromatic carbocycles. The summed E-state index contributed by atoms with van der Waals surface area (Å²) < 4.78 is 12.9. The maximum absolute atomic E-state index is 12.9. The van der Waals surface area contributed by atoms with Gasteiger partial charge in [0.15, 0.2) is 0 Å². The van der Waals surface area contributed by atoms with Crippen molar-refractivity contribution in [3.05, 3.63) is 65.5 Å². The Morgan fingerprint density at radius 1 is 1.08 bits per heavy atom. The van der Waals surface area contributed by atoms with Gasteiger partial charge in [-0.2, -0.15) is 0 Å². The zero-order valence-corrected chi connectivity index (χ0v) is 14.8. The first-order chi connectivity index (χ1) is 12.5. The summed E-state index contributed by atoms with van der Waals surface area (Å²) in [6.45, 7) is 1.92. The summed E-state index contributed by atoms with van der Waals surface area (Å²) in [6.07, 6.45) is 2.88. The standard InChI is InChI=1S/C21H23FN2O2/c1-14(23-20(25)13-4-15-2-9-18(22)10-3-15)16-7-11-19(12-8-16)24-21(26)17-5-6-17/h2-3,7-12,14,17H,4-6,13H2,1H3,(H,23,25)(H,24,26). The molecule has 0 aromatic heterocycles. The number of nitrogens with one attached hydrogen (secondary N) is 2. The third-order valence-electron chi connectivity index (χ3n) is 4.56. The Kier molecular flexibility index (Phi) is 5.66. The highest BCUT2D eigenvalue weighted by Gasteiger charge is 2.29. The van der Waals surface area contributed by atoms with Crippen LogP contribution in [-0.2, 0) is 16.0 Å². The molecular formula is C21H23FN2O2. The minimum atomic E-state index is -0.274. The second-order valence-corrected chi connectivity index (χ2v) is 6.80. The van der Waals surface area contributed by atoms with Crippen LogP contribution in [-0.4, -0.2) is 11.8 Å². The molecule has 0 radical (unpaired) electrons. The number of carbonyl (C=O) groups excluding carboxylic acids is 2. The third-order valence-corrected chi connectivity index (χ3v) is 4.56. The zero-order valence-electron chi connectivity index (χ0n) is 14.8. The van der Waals surface area contributed by atoms with Crippen molar-refractivity contribution in [1.82, 2.24) is 5.32 Å². The number of aryl methyl sites for hydroxylation is 1. The summed E-state index contributed by atoms with van der Waals surface area (Å²) in [7, 11) is 0. The van der Waals surface area contributed by atoms with Crippen molar-refractivity contribution in [2.24, 2.45) is 5.92 Å². The van der Waals surface area contributed by atoms with Crippen molar-refractivity contribution in [2.75, 3.05) is 5.32 Å². The van der Waals surface area contributed by atoms with Crippen molar-refractivity contribution in [1.29, 1.82) is 0 Å². The number of rotatable bonds is 7. The van der Waals surface area contributed by atoms with Gasteiger partial charge in [0, 0.05) is 18.0 Å². The average molecular weight is 354 g/mol. The molecule has 4 nitrogen and oxygen atoms in total. The van der Waals surface area contributed by atoms with Gasteiger partial charge in [-0.1, -0.05) is 24.3 Å². The largest absolute Gasteiger partial charge is 0.350 e. The molecule has 5 heteroatoms. The Morgan fingerprint density at radius 2 is 1.73 bits per heavy atom. The van der Waals surface area contributed by atoms with Gasteiger partial charge < -0.3 is 10.6 Å². The van der Waals surface area contributed by atoms with Crippen molar-refractivity contribution >= 4 is 17.5 Å². The SMILES string of the molecule is CC(NC(=O)CCc1ccc(F)cc1)c1ccc(NC(=O)C2CC2)cc1. The molecule has 2 aromatic rings. The molecule has 1 unspecified atom stereocenters. The highest BCUT2D eigenvalue weighted by atomic mass is 19.1. The fraction of sp³-hybridized carbons (Fsp3) is 0.333. The van der Waals surface area contributed by atoms with Gasteiger partial charge in [0.2, 0.25) is 11.8 Å². The van der Waals surface area contributed by atoms with Crippen LogP contribution in [0.15, 0.2) is 48.5 Å². The van der Waals surface area contributed by atoms with Gasteiger partial charge in [-0.15, -0.1) is 0 Å². The number of benzene rings is 2. The van der Waals surface area contributed by atoms with E-state index in [1.165, 1.54) is 12.1 Å². The number of anilines is 1. The highest BCUT2D eigenvalue weighted by molar-refractivity contribution is 5.94. The fourth-order valence-corrected chi connectivity index (χ4v) is 2.75. The second-order valence-electron chi connectivity index (χ2n) is 6.80. The van der Waals surface area contributed by atoms with Crippen LogP contribution in [0.2, 0.25) is 0 Å². The van der Waals surface area contributed by atoms with Gasteiger partial charge in [-0.05, 0) is 61.6 Å². The average Bonchev–Trinajstić information content (AvgIpc) is 3.47. The lowest BCUT2D eigenvalue weighted by Gasteiger charge is -2.15. The molecule has 136 valence electrons. The maximum Gasteiger partial charge on any atom is 0.227 e. The van der Waals surface area contributed by atoms with Crippen LogP contribution >= 0.6 is 0 Å². The molecule has 0 aliphatic heterocycles. The minimum Gasteiger partial charge on any atom is -0.350 e. The van der Waals surface area contributed by atoms with Crippen LogP contribution in [0.1, 0.15) is 43.4 Å². The zero-order chi connectivity index (χ0) is 18.5. The van der Waals surface area contributed by atoms with Crippen molar-refractivity contribution < 1.29 is 14.0 Å². The predicted octanol–water partition coefficient (Wildman–Crippen LogP) is 3.98. The Bertz CT molecular complexity index is 768. The molecule has 2 N–H and O–H groups in total. The lowest BCUT2D eigenvalue weighted by molar-refractivity contribution is -0.121. The first-order valence-corrected chi connectivity index (χ1v) is 8.96. The lowest BCUT2D eigenvalue weighted by atomic mass is 10.1. The Balaban J connectivity index is 1.47. The maximum atomic E-state index is 12.9. The Morgan fingerprint density at radius 3 is 2.35 bits per heavy atom. The predicted molar refractivity (Wildman–Crippen MR) is 99.1 cm³/mol. The third kappa shape index (κ3) is 5.15. The molecule has 3 rings (SSSR count). The van der Waals surface area contributed by atoms with Crippen LogP contribution in [0, 0.1) is 11.7 Å². The summed E-state index contributed by atoms with van der Waals surface area (Å²) in [5, 5.41) is 5.87. The van der Waals surface area contributed by atoms with E-state index in [9.17, 15) is 14.0 Å². The highest BCUT2D eigenvalue weighted by Crippen LogP contribution is 2.30. The van der Waals surface area contributed by atoms with Crippen molar-refractivity contribution in [3.63, 3.8) is 0 Å². The molecule has 1 atom stereocenters. The second kappa shape index (κ2) is 8.13. The topological polar surface area (TPSA) is 58.2 Å². The van der Waals surface area contributed by atoms with Gasteiger partial charge in [0.05, 0.1) is 6.04 Å². The van der Waals surface area contributed by atoms with E-state index in [0.717, 1.165) is 29.7 Å². The Labute approximate surface area is 152 Å². The molecule has 0 saturated heterocycles. The normalized spacial score (nSPS) is 14.5. The van der Waals surface area contributed by atoms with Crippen LogP contribution in [0.4, 0.5) is 10.1 Å². The van der Waals surface area contributed by atoms with Crippen LogP contribution in [0.25, 0.3) is 0 Å². The van der Waals surface area contributed by atoms with Crippen molar-refractivity contribution in [2.45, 2.75) is 38.6 Å². The molecule has 0 bridgehead atoms. The molecule has 0 heterocycles. The van der Waals surface area contributed by atoms with Gasteiger partial charge in [0.1, 0.15) is 5.82 Å². The number of halogens is 1. The minimum absolute atomic E-state index is 0.0482.